The number of amides is 2. The van der Waals surface area contributed by atoms with E-state index in [9.17, 15) is 18.8 Å². The van der Waals surface area contributed by atoms with Crippen molar-refractivity contribution >= 4 is 35.0 Å². The van der Waals surface area contributed by atoms with Gasteiger partial charge in [-0.1, -0.05) is 37.6 Å². The van der Waals surface area contributed by atoms with Crippen LogP contribution in [0.5, 0.6) is 0 Å². The molecule has 34 heavy (non-hydrogen) atoms. The molecule has 8 heteroatoms. The van der Waals surface area contributed by atoms with Crippen LogP contribution < -0.4 is 0 Å². The van der Waals surface area contributed by atoms with Crippen LogP contribution in [0.1, 0.15) is 41.4 Å². The molecule has 0 spiro atoms. The van der Waals surface area contributed by atoms with Crippen molar-refractivity contribution in [2.75, 3.05) is 6.61 Å². The van der Waals surface area contributed by atoms with Gasteiger partial charge in [-0.3, -0.25) is 14.5 Å². The molecule has 174 valence electrons. The van der Waals surface area contributed by atoms with E-state index < -0.39 is 11.1 Å². The molecular formula is C26H22FNO5S. The smallest absolute Gasteiger partial charge is 0.338 e. The Kier molecular flexibility index (Phi) is 7.27. The maximum Gasteiger partial charge on any atom is 0.338 e. The Morgan fingerprint density at radius 1 is 1.06 bits per heavy atom. The van der Waals surface area contributed by atoms with Gasteiger partial charge in [0.15, 0.2) is 0 Å². The first kappa shape index (κ1) is 23.5. The van der Waals surface area contributed by atoms with E-state index in [0.717, 1.165) is 35.1 Å². The molecule has 6 nitrogen and oxygen atoms in total. The van der Waals surface area contributed by atoms with Crippen LogP contribution in [0.3, 0.4) is 0 Å². The Balaban J connectivity index is 1.43. The topological polar surface area (TPSA) is 76.8 Å². The summed E-state index contributed by atoms with van der Waals surface area (Å²) in [5.41, 5.74) is 1.87. The van der Waals surface area contributed by atoms with Gasteiger partial charge in [-0.05, 0) is 60.1 Å². The van der Waals surface area contributed by atoms with Crippen molar-refractivity contribution in [3.63, 3.8) is 0 Å². The molecule has 1 aromatic heterocycles. The molecule has 0 saturated carbocycles. The quantitative estimate of drug-likeness (QED) is 0.215. The number of esters is 1. The molecule has 2 aromatic carbocycles. The van der Waals surface area contributed by atoms with E-state index in [1.807, 2.05) is 6.92 Å². The van der Waals surface area contributed by atoms with E-state index in [-0.39, 0.29) is 23.2 Å². The minimum Gasteiger partial charge on any atom is -0.462 e. The van der Waals surface area contributed by atoms with E-state index in [2.05, 4.69) is 0 Å². The van der Waals surface area contributed by atoms with Gasteiger partial charge in [0.05, 0.1) is 23.6 Å². The van der Waals surface area contributed by atoms with E-state index in [4.69, 9.17) is 9.15 Å². The van der Waals surface area contributed by atoms with Crippen LogP contribution in [0.25, 0.3) is 17.4 Å². The molecule has 1 fully saturated rings. The Morgan fingerprint density at radius 3 is 2.50 bits per heavy atom. The lowest BCUT2D eigenvalue weighted by Gasteiger charge is -2.12. The van der Waals surface area contributed by atoms with Gasteiger partial charge >= 0.3 is 5.97 Å². The Labute approximate surface area is 200 Å². The number of halogens is 1. The molecule has 0 N–H and O–H groups in total. The second-order valence-corrected chi connectivity index (χ2v) is 8.66. The van der Waals surface area contributed by atoms with Crippen LogP contribution in [0.4, 0.5) is 9.18 Å². The molecule has 0 bridgehead atoms. The van der Waals surface area contributed by atoms with E-state index >= 15 is 0 Å². The van der Waals surface area contributed by atoms with Gasteiger partial charge in [-0.2, -0.15) is 0 Å². The summed E-state index contributed by atoms with van der Waals surface area (Å²) in [5.74, 6) is -0.194. The zero-order valence-electron chi connectivity index (χ0n) is 18.5. The highest BCUT2D eigenvalue weighted by Gasteiger charge is 2.35. The van der Waals surface area contributed by atoms with Crippen molar-refractivity contribution in [2.45, 2.75) is 26.3 Å². The molecule has 1 aliphatic heterocycles. The van der Waals surface area contributed by atoms with Crippen LogP contribution in [0, 0.1) is 5.82 Å². The average Bonchev–Trinajstić information content (AvgIpc) is 3.41. The summed E-state index contributed by atoms with van der Waals surface area (Å²) in [7, 11) is 0. The third kappa shape index (κ3) is 5.46. The predicted molar refractivity (Wildman–Crippen MR) is 127 cm³/mol. The number of hydrogen-bond donors (Lipinski definition) is 0. The number of imide groups is 1. The first-order valence-electron chi connectivity index (χ1n) is 10.8. The molecule has 2 amide bonds. The molecule has 0 unspecified atom stereocenters. The predicted octanol–water partition coefficient (Wildman–Crippen LogP) is 6.28. The molecular weight excluding hydrogens is 457 g/mol. The molecule has 2 heterocycles. The van der Waals surface area contributed by atoms with Gasteiger partial charge in [0.25, 0.3) is 11.1 Å². The van der Waals surface area contributed by atoms with Crippen molar-refractivity contribution in [3.8, 4) is 11.3 Å². The highest BCUT2D eigenvalue weighted by atomic mass is 32.2. The second kappa shape index (κ2) is 10.5. The van der Waals surface area contributed by atoms with Gasteiger partial charge < -0.3 is 9.15 Å². The van der Waals surface area contributed by atoms with Crippen LogP contribution in [-0.2, 0) is 16.1 Å². The zero-order chi connectivity index (χ0) is 24.1. The van der Waals surface area contributed by atoms with Crippen LogP contribution in [-0.4, -0.2) is 28.6 Å². The molecule has 0 atom stereocenters. The lowest BCUT2D eigenvalue weighted by Crippen LogP contribution is -2.27. The Morgan fingerprint density at radius 2 is 1.79 bits per heavy atom. The van der Waals surface area contributed by atoms with Crippen molar-refractivity contribution in [2.24, 2.45) is 0 Å². The number of ether oxygens (including phenoxy) is 1. The van der Waals surface area contributed by atoms with Crippen molar-refractivity contribution in [1.82, 2.24) is 4.90 Å². The van der Waals surface area contributed by atoms with Crippen molar-refractivity contribution in [1.29, 1.82) is 0 Å². The van der Waals surface area contributed by atoms with Gasteiger partial charge in [0, 0.05) is 11.6 Å². The maximum atomic E-state index is 13.1. The van der Waals surface area contributed by atoms with Crippen LogP contribution in [0.15, 0.2) is 70.0 Å². The lowest BCUT2D eigenvalue weighted by molar-refractivity contribution is -0.123. The maximum absolute atomic E-state index is 13.1. The largest absolute Gasteiger partial charge is 0.462 e. The summed E-state index contributed by atoms with van der Waals surface area (Å²) in [5, 5.41) is -0.395. The number of benzene rings is 2. The summed E-state index contributed by atoms with van der Waals surface area (Å²) in [6.45, 7) is 2.49. The average molecular weight is 480 g/mol. The van der Waals surface area contributed by atoms with Gasteiger partial charge in [-0.15, -0.1) is 0 Å². The number of thioether (sulfide) groups is 1. The van der Waals surface area contributed by atoms with Crippen molar-refractivity contribution < 1.29 is 27.9 Å². The molecule has 0 radical (unpaired) electrons. The molecule has 0 aliphatic carbocycles. The Bertz CT molecular complexity index is 1230. The normalized spacial score (nSPS) is 14.8. The van der Waals surface area contributed by atoms with Crippen LogP contribution >= 0.6 is 11.8 Å². The zero-order valence-corrected chi connectivity index (χ0v) is 19.3. The Hall–Kier alpha value is -3.65. The molecule has 1 saturated heterocycles. The molecule has 3 aromatic rings. The lowest BCUT2D eigenvalue weighted by atomic mass is 10.1. The fourth-order valence-electron chi connectivity index (χ4n) is 3.29. The van der Waals surface area contributed by atoms with E-state index in [1.165, 1.54) is 30.3 Å². The first-order valence-corrected chi connectivity index (χ1v) is 11.6. The van der Waals surface area contributed by atoms with Gasteiger partial charge in [-0.25, -0.2) is 9.18 Å². The number of furan rings is 1. The molecule has 4 rings (SSSR count). The first-order chi connectivity index (χ1) is 16.4. The van der Waals surface area contributed by atoms with Gasteiger partial charge in [0.2, 0.25) is 0 Å². The third-order valence-corrected chi connectivity index (χ3v) is 6.07. The number of nitrogens with zero attached hydrogens (tertiary/aromatic N) is 1. The standard InChI is InChI=1S/C26H22FNO5S/c1-2-3-14-32-25(30)19-8-6-18(7-9-19)22-13-12-21(33-22)15-23-24(29)28(26(31)34-23)16-17-4-10-20(27)11-5-17/h4-13,15H,2-3,14,16H2,1H3/b23-15+. The monoisotopic (exact) mass is 479 g/mol. The highest BCUT2D eigenvalue weighted by molar-refractivity contribution is 8.18. The van der Waals surface area contributed by atoms with Crippen LogP contribution in [0.2, 0.25) is 0 Å². The summed E-state index contributed by atoms with van der Waals surface area (Å²) >= 11 is 0.830. The van der Waals surface area contributed by atoms with E-state index in [0.29, 0.717) is 29.3 Å². The number of hydrogen-bond acceptors (Lipinski definition) is 6. The fourth-order valence-corrected chi connectivity index (χ4v) is 4.10. The SMILES string of the molecule is CCCCOC(=O)c1ccc(-c2ccc(/C=C3/SC(=O)N(Cc4ccc(F)cc4)C3=O)o2)cc1. The summed E-state index contributed by atoms with van der Waals surface area (Å²) in [6, 6.07) is 16.0. The van der Waals surface area contributed by atoms with Crippen molar-refractivity contribution in [3.05, 3.63) is 88.3 Å². The fraction of sp³-hybridized carbons (Fsp3) is 0.192. The third-order valence-electron chi connectivity index (χ3n) is 5.16. The number of carbonyl (C=O) groups excluding carboxylic acids is 3. The second-order valence-electron chi connectivity index (χ2n) is 7.66. The number of rotatable bonds is 8. The van der Waals surface area contributed by atoms with E-state index in [1.54, 1.807) is 36.4 Å². The number of unbranched alkanes of at least 4 members (excludes halogenated alkanes) is 1. The van der Waals surface area contributed by atoms with Gasteiger partial charge in [0.1, 0.15) is 17.3 Å². The summed E-state index contributed by atoms with van der Waals surface area (Å²) < 4.78 is 24.1. The number of carbonyl (C=O) groups is 3. The highest BCUT2D eigenvalue weighted by Crippen LogP contribution is 2.34. The minimum absolute atomic E-state index is 0.0684. The molecule has 1 aliphatic rings. The summed E-state index contributed by atoms with van der Waals surface area (Å²) in [4.78, 5) is 38.5. The minimum atomic E-state index is -0.428. The summed E-state index contributed by atoms with van der Waals surface area (Å²) in [6.07, 6.45) is 3.30.